The predicted octanol–water partition coefficient (Wildman–Crippen LogP) is 2.23. The molecule has 74 valence electrons. The molecular weight excluding hydrogens is 178 g/mol. The lowest BCUT2D eigenvalue weighted by molar-refractivity contribution is 0.194. The molecule has 0 aliphatic rings. The molecule has 3 heteroatoms. The number of benzene rings is 1. The van der Waals surface area contributed by atoms with E-state index in [1.807, 2.05) is 24.4 Å². The number of nitrogens with one attached hydrogen (secondary N) is 1. The van der Waals surface area contributed by atoms with Crippen LogP contribution in [0.1, 0.15) is 18.6 Å². The molecule has 0 radical (unpaired) electrons. The first-order valence-corrected chi connectivity index (χ1v) is 4.55. The van der Waals surface area contributed by atoms with Gasteiger partial charge in [0.25, 0.3) is 0 Å². The van der Waals surface area contributed by atoms with Gasteiger partial charge in [0.15, 0.2) is 0 Å². The quantitative estimate of drug-likeness (QED) is 0.764. The number of ether oxygens (including phenoxy) is 1. The minimum atomic E-state index is -0.516. The van der Waals surface area contributed by atoms with Crippen LogP contribution in [0.3, 0.4) is 0 Å². The second kappa shape index (κ2) is 3.35. The molecule has 0 fully saturated rings. The van der Waals surface area contributed by atoms with Gasteiger partial charge in [-0.05, 0) is 25.1 Å². The fourth-order valence-electron chi connectivity index (χ4n) is 1.60. The summed E-state index contributed by atoms with van der Waals surface area (Å²) in [7, 11) is 1.61. The van der Waals surface area contributed by atoms with Crippen LogP contribution in [0, 0.1) is 0 Å². The fourth-order valence-corrected chi connectivity index (χ4v) is 1.60. The van der Waals surface area contributed by atoms with E-state index in [0.717, 1.165) is 22.2 Å². The molecule has 2 aromatic rings. The van der Waals surface area contributed by atoms with Gasteiger partial charge in [-0.2, -0.15) is 0 Å². The van der Waals surface area contributed by atoms with E-state index in [2.05, 4.69) is 4.98 Å². The normalized spacial score (nSPS) is 13.1. The van der Waals surface area contributed by atoms with E-state index >= 15 is 0 Å². The van der Waals surface area contributed by atoms with Crippen LogP contribution < -0.4 is 4.74 Å². The number of aliphatic hydroxyl groups excluding tert-OH is 1. The summed E-state index contributed by atoms with van der Waals surface area (Å²) in [5.41, 5.74) is 1.82. The topological polar surface area (TPSA) is 45.2 Å². The maximum absolute atomic E-state index is 9.54. The van der Waals surface area contributed by atoms with E-state index in [1.165, 1.54) is 0 Å². The smallest absolute Gasteiger partial charge is 0.125 e. The molecule has 14 heavy (non-hydrogen) atoms. The Morgan fingerprint density at radius 2 is 2.21 bits per heavy atom. The summed E-state index contributed by atoms with van der Waals surface area (Å²) < 4.78 is 5.21. The van der Waals surface area contributed by atoms with Crippen LogP contribution in [0.5, 0.6) is 5.75 Å². The van der Waals surface area contributed by atoms with Crippen LogP contribution in [0.25, 0.3) is 10.9 Å². The number of H-pyrrole nitrogens is 1. The van der Waals surface area contributed by atoms with Crippen molar-refractivity contribution in [3.05, 3.63) is 30.0 Å². The Bertz CT molecular complexity index is 445. The van der Waals surface area contributed by atoms with Crippen molar-refractivity contribution < 1.29 is 9.84 Å². The molecule has 1 heterocycles. The highest BCUT2D eigenvalue weighted by molar-refractivity contribution is 5.82. The van der Waals surface area contributed by atoms with Crippen molar-refractivity contribution in [3.63, 3.8) is 0 Å². The summed E-state index contributed by atoms with van der Waals surface area (Å²) in [5, 5.41) is 10.6. The second-order valence-corrected chi connectivity index (χ2v) is 3.34. The minimum absolute atomic E-state index is 0.516. The Hall–Kier alpha value is -1.48. The minimum Gasteiger partial charge on any atom is -0.496 e. The summed E-state index contributed by atoms with van der Waals surface area (Å²) in [5.74, 6) is 0.729. The fraction of sp³-hybridized carbons (Fsp3) is 0.273. The van der Waals surface area contributed by atoms with Crippen molar-refractivity contribution in [2.75, 3.05) is 7.11 Å². The lowest BCUT2D eigenvalue weighted by Gasteiger charge is -2.10. The lowest BCUT2D eigenvalue weighted by Crippen LogP contribution is -1.96. The molecule has 1 atom stereocenters. The van der Waals surface area contributed by atoms with E-state index < -0.39 is 6.10 Å². The molecule has 0 saturated heterocycles. The molecule has 0 aliphatic heterocycles. The van der Waals surface area contributed by atoms with Gasteiger partial charge in [0.2, 0.25) is 0 Å². The van der Waals surface area contributed by atoms with Crippen LogP contribution in [0.2, 0.25) is 0 Å². The van der Waals surface area contributed by atoms with Gasteiger partial charge in [0.1, 0.15) is 5.75 Å². The third-order valence-electron chi connectivity index (χ3n) is 2.35. The molecule has 1 aromatic carbocycles. The van der Waals surface area contributed by atoms with Gasteiger partial charge in [0, 0.05) is 22.7 Å². The average Bonchev–Trinajstić information content (AvgIpc) is 2.62. The number of hydrogen-bond acceptors (Lipinski definition) is 2. The maximum Gasteiger partial charge on any atom is 0.125 e. The standard InChI is InChI=1S/C11H13NO2/c1-7(13)9-6-10-8(3-4-12-10)5-11(9)14-2/h3-7,12-13H,1-2H3. The van der Waals surface area contributed by atoms with Gasteiger partial charge in [-0.1, -0.05) is 0 Å². The monoisotopic (exact) mass is 191 g/mol. The van der Waals surface area contributed by atoms with Gasteiger partial charge >= 0.3 is 0 Å². The molecule has 2 rings (SSSR count). The third kappa shape index (κ3) is 1.36. The summed E-state index contributed by atoms with van der Waals surface area (Å²) in [4.78, 5) is 3.10. The number of aromatic amines is 1. The Labute approximate surface area is 82.3 Å². The Morgan fingerprint density at radius 1 is 1.43 bits per heavy atom. The summed E-state index contributed by atoms with van der Waals surface area (Å²) >= 11 is 0. The zero-order chi connectivity index (χ0) is 10.1. The van der Waals surface area contributed by atoms with Crippen molar-refractivity contribution in [2.45, 2.75) is 13.0 Å². The van der Waals surface area contributed by atoms with E-state index in [4.69, 9.17) is 4.74 Å². The number of methoxy groups -OCH3 is 1. The van der Waals surface area contributed by atoms with Crippen LogP contribution in [-0.4, -0.2) is 17.2 Å². The molecule has 0 bridgehead atoms. The molecular formula is C11H13NO2. The SMILES string of the molecule is COc1cc2cc[nH]c2cc1C(C)O. The van der Waals surface area contributed by atoms with Crippen LogP contribution in [-0.2, 0) is 0 Å². The molecule has 1 unspecified atom stereocenters. The van der Waals surface area contributed by atoms with Gasteiger partial charge in [-0.15, -0.1) is 0 Å². The average molecular weight is 191 g/mol. The number of hydrogen-bond donors (Lipinski definition) is 2. The summed E-state index contributed by atoms with van der Waals surface area (Å²) in [6.45, 7) is 1.73. The number of aromatic nitrogens is 1. The highest BCUT2D eigenvalue weighted by atomic mass is 16.5. The Morgan fingerprint density at radius 3 is 2.86 bits per heavy atom. The molecule has 0 aliphatic carbocycles. The molecule has 0 amide bonds. The van der Waals surface area contributed by atoms with Gasteiger partial charge in [0.05, 0.1) is 13.2 Å². The number of rotatable bonds is 2. The predicted molar refractivity (Wildman–Crippen MR) is 55.5 cm³/mol. The van der Waals surface area contributed by atoms with Crippen molar-refractivity contribution >= 4 is 10.9 Å². The first kappa shape index (κ1) is 9.09. The molecule has 3 nitrogen and oxygen atoms in total. The highest BCUT2D eigenvalue weighted by Gasteiger charge is 2.10. The van der Waals surface area contributed by atoms with E-state index in [-0.39, 0.29) is 0 Å². The van der Waals surface area contributed by atoms with Crippen LogP contribution >= 0.6 is 0 Å². The molecule has 0 saturated carbocycles. The molecule has 0 spiro atoms. The summed E-state index contributed by atoms with van der Waals surface area (Å²) in [6, 6.07) is 5.82. The van der Waals surface area contributed by atoms with E-state index in [1.54, 1.807) is 14.0 Å². The zero-order valence-electron chi connectivity index (χ0n) is 8.24. The molecule has 1 aromatic heterocycles. The first-order valence-electron chi connectivity index (χ1n) is 4.55. The van der Waals surface area contributed by atoms with Crippen molar-refractivity contribution in [3.8, 4) is 5.75 Å². The van der Waals surface area contributed by atoms with E-state index in [9.17, 15) is 5.11 Å². The summed E-state index contributed by atoms with van der Waals surface area (Å²) in [6.07, 6.45) is 1.35. The largest absolute Gasteiger partial charge is 0.496 e. The van der Waals surface area contributed by atoms with Gasteiger partial charge in [-0.25, -0.2) is 0 Å². The molecule has 2 N–H and O–H groups in total. The van der Waals surface area contributed by atoms with Crippen LogP contribution in [0.15, 0.2) is 24.4 Å². The van der Waals surface area contributed by atoms with E-state index in [0.29, 0.717) is 0 Å². The van der Waals surface area contributed by atoms with Crippen LogP contribution in [0.4, 0.5) is 0 Å². The first-order chi connectivity index (χ1) is 6.72. The van der Waals surface area contributed by atoms with Gasteiger partial charge < -0.3 is 14.8 Å². The van der Waals surface area contributed by atoms with Crippen molar-refractivity contribution in [1.82, 2.24) is 4.98 Å². The number of fused-ring (bicyclic) bond motifs is 1. The lowest BCUT2D eigenvalue weighted by atomic mass is 10.1. The van der Waals surface area contributed by atoms with Crippen molar-refractivity contribution in [2.24, 2.45) is 0 Å². The second-order valence-electron chi connectivity index (χ2n) is 3.34. The Kier molecular flexibility index (Phi) is 2.17. The van der Waals surface area contributed by atoms with Crippen molar-refractivity contribution in [1.29, 1.82) is 0 Å². The highest BCUT2D eigenvalue weighted by Crippen LogP contribution is 2.29. The maximum atomic E-state index is 9.54. The van der Waals surface area contributed by atoms with Gasteiger partial charge in [-0.3, -0.25) is 0 Å². The third-order valence-corrected chi connectivity index (χ3v) is 2.35. The zero-order valence-corrected chi connectivity index (χ0v) is 8.24. The Balaban J connectivity index is 2.66. The number of aliphatic hydroxyl groups is 1.